The third-order valence-corrected chi connectivity index (χ3v) is 6.19. The number of carbonyl (C=O) groups excluding carboxylic acids is 1. The van der Waals surface area contributed by atoms with Crippen LogP contribution in [0.1, 0.15) is 105 Å². The van der Waals surface area contributed by atoms with Crippen LogP contribution in [0.5, 0.6) is 5.75 Å². The molecule has 1 amide bonds. The number of hydrogen-bond donors (Lipinski definition) is 1. The first-order valence-electron chi connectivity index (χ1n) is 11.2. The van der Waals surface area contributed by atoms with E-state index in [9.17, 15) is 4.79 Å². The predicted molar refractivity (Wildman–Crippen MR) is 120 cm³/mol. The van der Waals surface area contributed by atoms with Crippen molar-refractivity contribution >= 4 is 5.91 Å². The second-order valence-corrected chi connectivity index (χ2v) is 9.23. The maximum absolute atomic E-state index is 12.7. The molecule has 0 radical (unpaired) electrons. The molecule has 1 N–H and O–H groups in total. The molecular formula is C25H43NO2. The molecule has 1 aromatic carbocycles. The summed E-state index contributed by atoms with van der Waals surface area (Å²) in [7, 11) is 0. The third kappa shape index (κ3) is 6.53. The van der Waals surface area contributed by atoms with Gasteiger partial charge in [0.15, 0.2) is 6.10 Å². The number of unbranched alkanes of at least 4 members (excludes halogenated alkanes) is 1. The van der Waals surface area contributed by atoms with Gasteiger partial charge in [-0.05, 0) is 54.6 Å². The number of hydrogen-bond acceptors (Lipinski definition) is 2. The SMILES string of the molecule is CCCCC(Oc1ccc(C(C)(C)CC)cc1C(C)(C)CC)C(=O)NCCC. The van der Waals surface area contributed by atoms with Crippen LogP contribution < -0.4 is 10.1 Å². The lowest BCUT2D eigenvalue weighted by Crippen LogP contribution is -2.39. The first-order chi connectivity index (χ1) is 13.1. The lowest BCUT2D eigenvalue weighted by atomic mass is 9.76. The summed E-state index contributed by atoms with van der Waals surface area (Å²) in [6.45, 7) is 18.4. The highest BCUT2D eigenvalue weighted by molar-refractivity contribution is 5.81. The fourth-order valence-corrected chi connectivity index (χ4v) is 3.13. The summed E-state index contributed by atoms with van der Waals surface area (Å²) in [4.78, 5) is 12.7. The summed E-state index contributed by atoms with van der Waals surface area (Å²) < 4.78 is 6.38. The van der Waals surface area contributed by atoms with Crippen molar-refractivity contribution in [2.75, 3.05) is 6.54 Å². The third-order valence-electron chi connectivity index (χ3n) is 6.19. The Balaban J connectivity index is 3.29. The van der Waals surface area contributed by atoms with Gasteiger partial charge in [-0.2, -0.15) is 0 Å². The van der Waals surface area contributed by atoms with Crippen LogP contribution in [-0.4, -0.2) is 18.6 Å². The Morgan fingerprint density at radius 3 is 2.18 bits per heavy atom. The molecule has 0 aliphatic carbocycles. The van der Waals surface area contributed by atoms with Gasteiger partial charge in [0.1, 0.15) is 5.75 Å². The first kappa shape index (κ1) is 24.5. The number of nitrogens with one attached hydrogen (secondary N) is 1. The molecule has 3 heteroatoms. The van der Waals surface area contributed by atoms with E-state index in [1.54, 1.807) is 0 Å². The summed E-state index contributed by atoms with van der Waals surface area (Å²) in [5.41, 5.74) is 2.65. The maximum Gasteiger partial charge on any atom is 0.261 e. The Kier molecular flexibility index (Phi) is 9.53. The van der Waals surface area contributed by atoms with Gasteiger partial charge in [-0.1, -0.05) is 73.9 Å². The molecule has 160 valence electrons. The number of ether oxygens (including phenoxy) is 1. The zero-order valence-electron chi connectivity index (χ0n) is 19.6. The van der Waals surface area contributed by atoms with Crippen molar-refractivity contribution in [2.24, 2.45) is 0 Å². The number of benzene rings is 1. The van der Waals surface area contributed by atoms with Gasteiger partial charge in [-0.25, -0.2) is 0 Å². The summed E-state index contributed by atoms with van der Waals surface area (Å²) in [6, 6.07) is 6.57. The zero-order chi connectivity index (χ0) is 21.4. The molecule has 28 heavy (non-hydrogen) atoms. The minimum atomic E-state index is -0.428. The van der Waals surface area contributed by atoms with Crippen LogP contribution >= 0.6 is 0 Å². The van der Waals surface area contributed by atoms with Crippen LogP contribution in [0, 0.1) is 0 Å². The van der Waals surface area contributed by atoms with Crippen molar-refractivity contribution in [1.82, 2.24) is 5.32 Å². The molecule has 0 heterocycles. The quantitative estimate of drug-likeness (QED) is 0.441. The van der Waals surface area contributed by atoms with E-state index >= 15 is 0 Å². The number of amides is 1. The maximum atomic E-state index is 12.7. The van der Waals surface area contributed by atoms with E-state index in [1.165, 1.54) is 11.1 Å². The molecule has 1 unspecified atom stereocenters. The molecular weight excluding hydrogens is 346 g/mol. The van der Waals surface area contributed by atoms with E-state index in [0.717, 1.165) is 44.3 Å². The van der Waals surface area contributed by atoms with Crippen molar-refractivity contribution in [2.45, 2.75) is 111 Å². The second-order valence-electron chi connectivity index (χ2n) is 9.23. The first-order valence-corrected chi connectivity index (χ1v) is 11.2. The zero-order valence-corrected chi connectivity index (χ0v) is 19.6. The van der Waals surface area contributed by atoms with Gasteiger partial charge >= 0.3 is 0 Å². The Morgan fingerprint density at radius 2 is 1.64 bits per heavy atom. The predicted octanol–water partition coefficient (Wildman–Crippen LogP) is 6.53. The lowest BCUT2D eigenvalue weighted by molar-refractivity contribution is -0.128. The van der Waals surface area contributed by atoms with Gasteiger partial charge in [-0.15, -0.1) is 0 Å². The Labute approximate surface area is 173 Å². The number of carbonyl (C=O) groups is 1. The highest BCUT2D eigenvalue weighted by Crippen LogP contribution is 2.39. The molecule has 1 rings (SSSR count). The largest absolute Gasteiger partial charge is 0.480 e. The minimum absolute atomic E-state index is 0.00789. The Morgan fingerprint density at radius 1 is 1.00 bits per heavy atom. The van der Waals surface area contributed by atoms with Gasteiger partial charge in [-0.3, -0.25) is 4.79 Å². The average Bonchev–Trinajstić information content (AvgIpc) is 2.68. The van der Waals surface area contributed by atoms with Crippen molar-refractivity contribution in [3.8, 4) is 5.75 Å². The van der Waals surface area contributed by atoms with E-state index in [-0.39, 0.29) is 16.7 Å². The fourth-order valence-electron chi connectivity index (χ4n) is 3.13. The molecule has 0 aliphatic heterocycles. The molecule has 0 aliphatic rings. The van der Waals surface area contributed by atoms with Crippen molar-refractivity contribution in [3.05, 3.63) is 29.3 Å². The van der Waals surface area contributed by atoms with E-state index in [2.05, 4.69) is 78.9 Å². The molecule has 0 saturated carbocycles. The molecule has 0 spiro atoms. The van der Waals surface area contributed by atoms with Crippen LogP contribution in [0.25, 0.3) is 0 Å². The Hall–Kier alpha value is -1.51. The van der Waals surface area contributed by atoms with Gasteiger partial charge in [0, 0.05) is 12.1 Å². The lowest BCUT2D eigenvalue weighted by Gasteiger charge is -2.31. The summed E-state index contributed by atoms with van der Waals surface area (Å²) in [6.07, 6.45) is 5.39. The normalized spacial score (nSPS) is 13.3. The van der Waals surface area contributed by atoms with E-state index in [1.807, 2.05) is 0 Å². The van der Waals surface area contributed by atoms with Gasteiger partial charge < -0.3 is 10.1 Å². The minimum Gasteiger partial charge on any atom is -0.480 e. The Bertz CT molecular complexity index is 619. The smallest absolute Gasteiger partial charge is 0.261 e. The van der Waals surface area contributed by atoms with Crippen LogP contribution in [0.4, 0.5) is 0 Å². The molecule has 0 fully saturated rings. The summed E-state index contributed by atoms with van der Waals surface area (Å²) in [5, 5.41) is 3.01. The van der Waals surface area contributed by atoms with Crippen LogP contribution in [-0.2, 0) is 15.6 Å². The molecule has 0 bridgehead atoms. The van der Waals surface area contributed by atoms with Gasteiger partial charge in [0.2, 0.25) is 0 Å². The topological polar surface area (TPSA) is 38.3 Å². The molecule has 0 saturated heterocycles. The highest BCUT2D eigenvalue weighted by atomic mass is 16.5. The van der Waals surface area contributed by atoms with Crippen LogP contribution in [0.2, 0.25) is 0 Å². The summed E-state index contributed by atoms with van der Waals surface area (Å²) >= 11 is 0. The average molecular weight is 390 g/mol. The second kappa shape index (κ2) is 10.9. The van der Waals surface area contributed by atoms with Gasteiger partial charge in [0.25, 0.3) is 5.91 Å². The molecule has 1 aromatic rings. The van der Waals surface area contributed by atoms with Crippen molar-refractivity contribution < 1.29 is 9.53 Å². The highest BCUT2D eigenvalue weighted by Gasteiger charge is 2.29. The van der Waals surface area contributed by atoms with E-state index in [0.29, 0.717) is 6.54 Å². The van der Waals surface area contributed by atoms with Crippen LogP contribution in [0.3, 0.4) is 0 Å². The fraction of sp³-hybridized carbons (Fsp3) is 0.720. The molecule has 0 aromatic heterocycles. The van der Waals surface area contributed by atoms with E-state index < -0.39 is 6.10 Å². The summed E-state index contributed by atoms with van der Waals surface area (Å²) in [5.74, 6) is 0.865. The van der Waals surface area contributed by atoms with Crippen LogP contribution in [0.15, 0.2) is 18.2 Å². The van der Waals surface area contributed by atoms with Gasteiger partial charge in [0.05, 0.1) is 0 Å². The monoisotopic (exact) mass is 389 g/mol. The molecule has 1 atom stereocenters. The van der Waals surface area contributed by atoms with Crippen molar-refractivity contribution in [1.29, 1.82) is 0 Å². The number of rotatable bonds is 12. The van der Waals surface area contributed by atoms with E-state index in [4.69, 9.17) is 4.74 Å². The van der Waals surface area contributed by atoms with Crippen molar-refractivity contribution in [3.63, 3.8) is 0 Å². The standard InChI is InChI=1S/C25H43NO2/c1-9-13-14-22(23(27)26-17-10-2)28-21-16-15-19(24(5,6)11-3)18-20(21)25(7,8)12-4/h15-16,18,22H,9-14,17H2,1-8H3,(H,26,27). The molecule has 3 nitrogen and oxygen atoms in total.